The number of piperidine rings is 1. The molecule has 2 aromatic carbocycles. The Labute approximate surface area is 191 Å². The predicted octanol–water partition coefficient (Wildman–Crippen LogP) is 4.09. The van der Waals surface area contributed by atoms with Crippen LogP contribution in [0, 0.1) is 11.7 Å². The van der Waals surface area contributed by atoms with Gasteiger partial charge in [-0.2, -0.15) is 4.98 Å². The SMILES string of the molecule is O=C(c1ccccc1)N1CCC(C(=O)N2CCC[C@H]2c2nc(-c3ccc(F)cc3)no2)CC1. The van der Waals surface area contributed by atoms with Crippen LogP contribution in [0.3, 0.4) is 0 Å². The largest absolute Gasteiger partial charge is 0.339 e. The number of hydrogen-bond acceptors (Lipinski definition) is 5. The summed E-state index contributed by atoms with van der Waals surface area (Å²) < 4.78 is 18.7. The number of amides is 2. The normalized spacial score (nSPS) is 19.1. The first kappa shape index (κ1) is 21.3. The minimum absolute atomic E-state index is 0.0136. The van der Waals surface area contributed by atoms with Crippen LogP contribution in [0.4, 0.5) is 4.39 Å². The van der Waals surface area contributed by atoms with Crippen molar-refractivity contribution in [1.29, 1.82) is 0 Å². The lowest BCUT2D eigenvalue weighted by Crippen LogP contribution is -2.44. The van der Waals surface area contributed by atoms with Gasteiger partial charge in [-0.1, -0.05) is 23.4 Å². The van der Waals surface area contributed by atoms with Gasteiger partial charge < -0.3 is 14.3 Å². The Morgan fingerprint density at radius 2 is 1.67 bits per heavy atom. The third kappa shape index (κ3) is 4.37. The second kappa shape index (κ2) is 9.13. The number of carbonyl (C=O) groups is 2. The fourth-order valence-corrected chi connectivity index (χ4v) is 4.70. The molecule has 2 amide bonds. The molecule has 7 nitrogen and oxygen atoms in total. The molecule has 5 rings (SSSR count). The van der Waals surface area contributed by atoms with Gasteiger partial charge in [0.15, 0.2) is 0 Å². The maximum Gasteiger partial charge on any atom is 0.253 e. The average Bonchev–Trinajstić information content (AvgIpc) is 3.54. The molecule has 33 heavy (non-hydrogen) atoms. The Kier molecular flexibility index (Phi) is 5.90. The fourth-order valence-electron chi connectivity index (χ4n) is 4.70. The Balaban J connectivity index is 1.23. The molecule has 2 aliphatic heterocycles. The average molecular weight is 448 g/mol. The summed E-state index contributed by atoms with van der Waals surface area (Å²) in [6, 6.07) is 14.9. The molecule has 2 aliphatic rings. The molecule has 0 N–H and O–H groups in total. The molecule has 0 spiro atoms. The number of likely N-dealkylation sites (tertiary alicyclic amines) is 2. The van der Waals surface area contributed by atoms with Crippen LogP contribution in [0.2, 0.25) is 0 Å². The number of benzene rings is 2. The zero-order chi connectivity index (χ0) is 22.8. The number of rotatable bonds is 4. The minimum Gasteiger partial charge on any atom is -0.339 e. The van der Waals surface area contributed by atoms with Crippen molar-refractivity contribution in [2.45, 2.75) is 31.7 Å². The van der Waals surface area contributed by atoms with Crippen LogP contribution in [0.25, 0.3) is 11.4 Å². The lowest BCUT2D eigenvalue weighted by molar-refractivity contribution is -0.138. The van der Waals surface area contributed by atoms with Gasteiger partial charge >= 0.3 is 0 Å². The molecule has 2 saturated heterocycles. The predicted molar refractivity (Wildman–Crippen MR) is 118 cm³/mol. The summed E-state index contributed by atoms with van der Waals surface area (Å²) >= 11 is 0. The maximum atomic E-state index is 13.3. The van der Waals surface area contributed by atoms with Crippen molar-refractivity contribution in [3.8, 4) is 11.4 Å². The summed E-state index contributed by atoms with van der Waals surface area (Å²) in [6.07, 6.45) is 2.93. The molecule has 0 radical (unpaired) electrons. The Morgan fingerprint density at radius 1 is 0.939 bits per heavy atom. The van der Waals surface area contributed by atoms with Crippen LogP contribution in [0.15, 0.2) is 59.1 Å². The number of carbonyl (C=O) groups excluding carboxylic acids is 2. The topological polar surface area (TPSA) is 79.5 Å². The Morgan fingerprint density at radius 3 is 2.39 bits per heavy atom. The van der Waals surface area contributed by atoms with E-state index >= 15 is 0 Å². The van der Waals surface area contributed by atoms with E-state index in [1.165, 1.54) is 12.1 Å². The second-order valence-corrected chi connectivity index (χ2v) is 8.59. The fraction of sp³-hybridized carbons (Fsp3) is 0.360. The van der Waals surface area contributed by atoms with E-state index in [2.05, 4.69) is 10.1 Å². The highest BCUT2D eigenvalue weighted by Crippen LogP contribution is 2.35. The molecule has 2 fully saturated rings. The van der Waals surface area contributed by atoms with Crippen LogP contribution in [0.1, 0.15) is 48.0 Å². The first-order valence-electron chi connectivity index (χ1n) is 11.3. The minimum atomic E-state index is -0.327. The summed E-state index contributed by atoms with van der Waals surface area (Å²) in [7, 11) is 0. The van der Waals surface area contributed by atoms with Gasteiger partial charge in [0, 0.05) is 36.7 Å². The molecular formula is C25H25FN4O3. The van der Waals surface area contributed by atoms with Gasteiger partial charge in [0.2, 0.25) is 17.6 Å². The molecule has 8 heteroatoms. The van der Waals surface area contributed by atoms with Crippen molar-refractivity contribution in [1.82, 2.24) is 19.9 Å². The molecule has 0 saturated carbocycles. The van der Waals surface area contributed by atoms with E-state index in [9.17, 15) is 14.0 Å². The Bertz CT molecular complexity index is 1120. The van der Waals surface area contributed by atoms with Crippen molar-refractivity contribution >= 4 is 11.8 Å². The number of nitrogens with zero attached hydrogens (tertiary/aromatic N) is 4. The third-order valence-electron chi connectivity index (χ3n) is 6.52. The van der Waals surface area contributed by atoms with Crippen LogP contribution >= 0.6 is 0 Å². The molecule has 3 heterocycles. The second-order valence-electron chi connectivity index (χ2n) is 8.59. The maximum absolute atomic E-state index is 13.3. The van der Waals surface area contributed by atoms with Gasteiger partial charge in [-0.05, 0) is 62.1 Å². The van der Waals surface area contributed by atoms with Crippen molar-refractivity contribution in [3.05, 3.63) is 71.9 Å². The zero-order valence-corrected chi connectivity index (χ0v) is 18.2. The van der Waals surface area contributed by atoms with Crippen LogP contribution in [0.5, 0.6) is 0 Å². The van der Waals surface area contributed by atoms with E-state index in [1.54, 1.807) is 12.1 Å². The van der Waals surface area contributed by atoms with Crippen molar-refractivity contribution in [2.75, 3.05) is 19.6 Å². The lowest BCUT2D eigenvalue weighted by Gasteiger charge is -2.34. The molecule has 1 atom stereocenters. The first-order chi connectivity index (χ1) is 16.1. The molecule has 3 aromatic rings. The molecule has 0 bridgehead atoms. The summed E-state index contributed by atoms with van der Waals surface area (Å²) in [5, 5.41) is 4.03. The monoisotopic (exact) mass is 448 g/mol. The number of aromatic nitrogens is 2. The standard InChI is InChI=1S/C25H25FN4O3/c26-20-10-8-17(9-11-20)22-27-23(33-28-22)21-7-4-14-30(21)25(32)19-12-15-29(16-13-19)24(31)18-5-2-1-3-6-18/h1-3,5-6,8-11,19,21H,4,7,12-16H2/t21-/m0/s1. The number of hydrogen-bond donors (Lipinski definition) is 0. The lowest BCUT2D eigenvalue weighted by atomic mass is 9.94. The first-order valence-corrected chi connectivity index (χ1v) is 11.3. The number of halogens is 1. The van der Waals surface area contributed by atoms with Crippen LogP contribution in [-0.4, -0.2) is 51.4 Å². The Hall–Kier alpha value is -3.55. The van der Waals surface area contributed by atoms with E-state index in [0.717, 1.165) is 12.8 Å². The molecule has 1 aromatic heterocycles. The van der Waals surface area contributed by atoms with Crippen LogP contribution < -0.4 is 0 Å². The summed E-state index contributed by atoms with van der Waals surface area (Å²) in [5.41, 5.74) is 1.34. The highest BCUT2D eigenvalue weighted by Gasteiger charge is 2.38. The van der Waals surface area contributed by atoms with Crippen molar-refractivity contribution < 1.29 is 18.5 Å². The highest BCUT2D eigenvalue weighted by molar-refractivity contribution is 5.94. The van der Waals surface area contributed by atoms with E-state index in [4.69, 9.17) is 4.52 Å². The smallest absolute Gasteiger partial charge is 0.253 e. The highest BCUT2D eigenvalue weighted by atomic mass is 19.1. The summed E-state index contributed by atoms with van der Waals surface area (Å²) in [4.78, 5) is 34.2. The van der Waals surface area contributed by atoms with Crippen LogP contribution in [-0.2, 0) is 4.79 Å². The molecule has 0 unspecified atom stereocenters. The summed E-state index contributed by atoms with van der Waals surface area (Å²) in [5.74, 6) is 0.455. The molecule has 170 valence electrons. The van der Waals surface area contributed by atoms with Gasteiger partial charge in [-0.3, -0.25) is 9.59 Å². The molecular weight excluding hydrogens is 423 g/mol. The third-order valence-corrected chi connectivity index (χ3v) is 6.52. The van der Waals surface area contributed by atoms with E-state index in [1.807, 2.05) is 40.1 Å². The van der Waals surface area contributed by atoms with Gasteiger partial charge in [-0.15, -0.1) is 0 Å². The van der Waals surface area contributed by atoms with Crippen molar-refractivity contribution in [2.24, 2.45) is 5.92 Å². The summed E-state index contributed by atoms with van der Waals surface area (Å²) in [6.45, 7) is 1.79. The quantitative estimate of drug-likeness (QED) is 0.601. The van der Waals surface area contributed by atoms with Crippen molar-refractivity contribution in [3.63, 3.8) is 0 Å². The van der Waals surface area contributed by atoms with Gasteiger partial charge in [-0.25, -0.2) is 4.39 Å². The molecule has 0 aliphatic carbocycles. The van der Waals surface area contributed by atoms with E-state index in [0.29, 0.717) is 55.3 Å². The zero-order valence-electron chi connectivity index (χ0n) is 18.2. The van der Waals surface area contributed by atoms with E-state index < -0.39 is 0 Å². The van der Waals surface area contributed by atoms with Gasteiger partial charge in [0.25, 0.3) is 5.91 Å². The van der Waals surface area contributed by atoms with E-state index in [-0.39, 0.29) is 29.6 Å². The van der Waals surface area contributed by atoms with Gasteiger partial charge in [0.05, 0.1) is 0 Å². The van der Waals surface area contributed by atoms with Gasteiger partial charge in [0.1, 0.15) is 11.9 Å².